The average molecular weight is 390 g/mol. The highest BCUT2D eigenvalue weighted by Gasteiger charge is 2.17. The molecule has 1 N–H and O–H groups in total. The molecule has 0 atom stereocenters. The number of hydrogen-bond donors (Lipinski definition) is 1. The Balaban J connectivity index is 1.54. The Labute approximate surface area is 162 Å². The summed E-state index contributed by atoms with van der Waals surface area (Å²) in [7, 11) is 0. The number of carbonyl (C=O) groups excluding carboxylic acids is 1. The van der Waals surface area contributed by atoms with Crippen molar-refractivity contribution in [1.82, 2.24) is 5.43 Å². The molecule has 5 nitrogen and oxygen atoms in total. The molecule has 27 heavy (non-hydrogen) atoms. The van der Waals surface area contributed by atoms with E-state index in [1.54, 1.807) is 24.3 Å². The van der Waals surface area contributed by atoms with Gasteiger partial charge in [-0.3, -0.25) is 4.79 Å². The molecule has 3 rings (SSSR count). The van der Waals surface area contributed by atoms with E-state index in [0.717, 1.165) is 31.5 Å². The van der Waals surface area contributed by atoms with Gasteiger partial charge in [0.2, 0.25) is 0 Å². The van der Waals surface area contributed by atoms with Crippen molar-refractivity contribution in [3.05, 3.63) is 58.4 Å². The number of ether oxygens (including phenoxy) is 1. The molecule has 2 aromatic rings. The molecule has 0 aliphatic carbocycles. The summed E-state index contributed by atoms with van der Waals surface area (Å²) in [6.07, 6.45) is 3.62. The number of hydrazone groups is 1. The van der Waals surface area contributed by atoms with Crippen molar-refractivity contribution in [2.45, 2.75) is 19.8 Å². The summed E-state index contributed by atoms with van der Waals surface area (Å²) in [6.45, 7) is 3.48. The third kappa shape index (κ3) is 5.20. The zero-order valence-electron chi connectivity index (χ0n) is 15.0. The molecular weight excluding hydrogens is 369 g/mol. The van der Waals surface area contributed by atoms with Crippen molar-refractivity contribution in [2.75, 3.05) is 24.6 Å². The SMILES string of the molecule is Cc1cc(N2CCCC2)c(F)cc1C=NNC(=O)COc1ccc(Cl)cc1. The molecule has 1 saturated heterocycles. The van der Waals surface area contributed by atoms with Crippen LogP contribution in [0.25, 0.3) is 0 Å². The Bertz CT molecular complexity index is 834. The Morgan fingerprint density at radius 3 is 2.70 bits per heavy atom. The van der Waals surface area contributed by atoms with Crippen molar-refractivity contribution in [1.29, 1.82) is 0 Å². The van der Waals surface area contributed by atoms with Crippen LogP contribution in [-0.4, -0.2) is 31.8 Å². The number of benzene rings is 2. The van der Waals surface area contributed by atoms with Crippen LogP contribution >= 0.6 is 11.6 Å². The monoisotopic (exact) mass is 389 g/mol. The maximum absolute atomic E-state index is 14.4. The molecule has 2 aromatic carbocycles. The smallest absolute Gasteiger partial charge is 0.277 e. The van der Waals surface area contributed by atoms with Crippen LogP contribution in [0.4, 0.5) is 10.1 Å². The lowest BCUT2D eigenvalue weighted by Gasteiger charge is -2.19. The van der Waals surface area contributed by atoms with Crippen LogP contribution in [0.5, 0.6) is 5.75 Å². The normalized spacial score (nSPS) is 14.0. The van der Waals surface area contributed by atoms with E-state index in [-0.39, 0.29) is 12.4 Å². The zero-order chi connectivity index (χ0) is 19.2. The lowest BCUT2D eigenvalue weighted by Crippen LogP contribution is -2.24. The molecule has 0 radical (unpaired) electrons. The molecule has 1 aliphatic heterocycles. The van der Waals surface area contributed by atoms with Gasteiger partial charge in [0, 0.05) is 23.7 Å². The van der Waals surface area contributed by atoms with Gasteiger partial charge in [-0.2, -0.15) is 5.10 Å². The highest BCUT2D eigenvalue weighted by Crippen LogP contribution is 2.26. The van der Waals surface area contributed by atoms with Crippen LogP contribution in [0.1, 0.15) is 24.0 Å². The largest absolute Gasteiger partial charge is 0.484 e. The molecule has 142 valence electrons. The summed E-state index contributed by atoms with van der Waals surface area (Å²) in [6, 6.07) is 9.97. The maximum atomic E-state index is 14.4. The van der Waals surface area contributed by atoms with Gasteiger partial charge >= 0.3 is 0 Å². The average Bonchev–Trinajstić information content (AvgIpc) is 3.18. The Hall–Kier alpha value is -2.60. The van der Waals surface area contributed by atoms with Crippen LogP contribution in [0.15, 0.2) is 41.5 Å². The molecule has 1 heterocycles. The fourth-order valence-corrected chi connectivity index (χ4v) is 3.03. The summed E-state index contributed by atoms with van der Waals surface area (Å²) >= 11 is 5.79. The van der Waals surface area contributed by atoms with E-state index in [0.29, 0.717) is 22.0 Å². The first-order valence-corrected chi connectivity index (χ1v) is 9.16. The lowest BCUT2D eigenvalue weighted by molar-refractivity contribution is -0.123. The summed E-state index contributed by atoms with van der Waals surface area (Å²) < 4.78 is 19.7. The van der Waals surface area contributed by atoms with Gasteiger partial charge in [-0.25, -0.2) is 9.82 Å². The highest BCUT2D eigenvalue weighted by molar-refractivity contribution is 6.30. The number of nitrogens with one attached hydrogen (secondary N) is 1. The van der Waals surface area contributed by atoms with Crippen molar-refractivity contribution in [3.8, 4) is 5.75 Å². The predicted octanol–water partition coefficient (Wildman–Crippen LogP) is 3.92. The third-order valence-corrected chi connectivity index (χ3v) is 4.61. The maximum Gasteiger partial charge on any atom is 0.277 e. The standard InChI is InChI=1S/C20H21ClFN3O2/c1-14-10-19(25-8-2-3-9-25)18(22)11-15(14)12-23-24-20(26)13-27-17-6-4-16(21)5-7-17/h4-7,10-12H,2-3,8-9,13H2,1H3,(H,24,26). The number of rotatable bonds is 6. The van der Waals surface area contributed by atoms with Gasteiger partial charge in [-0.15, -0.1) is 0 Å². The summed E-state index contributed by atoms with van der Waals surface area (Å²) in [5.74, 6) is -0.150. The van der Waals surface area contributed by atoms with E-state index in [1.165, 1.54) is 12.3 Å². The second-order valence-electron chi connectivity index (χ2n) is 6.39. The van der Waals surface area contributed by atoms with Gasteiger partial charge in [0.05, 0.1) is 11.9 Å². The predicted molar refractivity (Wildman–Crippen MR) is 105 cm³/mol. The van der Waals surface area contributed by atoms with E-state index >= 15 is 0 Å². The second-order valence-corrected chi connectivity index (χ2v) is 6.83. The molecule has 1 fully saturated rings. The zero-order valence-corrected chi connectivity index (χ0v) is 15.8. The second kappa shape index (κ2) is 8.86. The number of nitrogens with zero attached hydrogens (tertiary/aromatic N) is 2. The fraction of sp³-hybridized carbons (Fsp3) is 0.300. The van der Waals surface area contributed by atoms with Gasteiger partial charge in [0.15, 0.2) is 6.61 Å². The molecule has 0 saturated carbocycles. The molecule has 1 aliphatic rings. The minimum absolute atomic E-state index is 0.180. The molecule has 0 spiro atoms. The van der Waals surface area contributed by atoms with Crippen LogP contribution in [-0.2, 0) is 4.79 Å². The minimum Gasteiger partial charge on any atom is -0.484 e. The molecule has 0 bridgehead atoms. The van der Waals surface area contributed by atoms with Gasteiger partial charge in [0.1, 0.15) is 11.6 Å². The van der Waals surface area contributed by atoms with Crippen LogP contribution < -0.4 is 15.1 Å². The summed E-state index contributed by atoms with van der Waals surface area (Å²) in [5, 5.41) is 4.48. The fourth-order valence-electron chi connectivity index (χ4n) is 2.91. The van der Waals surface area contributed by atoms with E-state index in [2.05, 4.69) is 15.4 Å². The number of anilines is 1. The summed E-state index contributed by atoms with van der Waals surface area (Å²) in [5.41, 5.74) is 4.52. The molecule has 7 heteroatoms. The van der Waals surface area contributed by atoms with Crippen LogP contribution in [0.2, 0.25) is 5.02 Å². The number of hydrogen-bond acceptors (Lipinski definition) is 4. The van der Waals surface area contributed by atoms with Crippen molar-refractivity contribution < 1.29 is 13.9 Å². The first kappa shape index (κ1) is 19.2. The molecule has 0 unspecified atom stereocenters. The first-order chi connectivity index (χ1) is 13.0. The van der Waals surface area contributed by atoms with Gasteiger partial charge < -0.3 is 9.64 Å². The van der Waals surface area contributed by atoms with Crippen molar-refractivity contribution >= 4 is 29.4 Å². The summed E-state index contributed by atoms with van der Waals surface area (Å²) in [4.78, 5) is 13.9. The molecular formula is C20H21ClFN3O2. The van der Waals surface area contributed by atoms with Gasteiger partial charge in [-0.1, -0.05) is 11.6 Å². The van der Waals surface area contributed by atoms with Crippen molar-refractivity contribution in [2.24, 2.45) is 5.10 Å². The van der Waals surface area contributed by atoms with Crippen LogP contribution in [0.3, 0.4) is 0 Å². The van der Waals surface area contributed by atoms with Crippen LogP contribution in [0, 0.1) is 12.7 Å². The quantitative estimate of drug-likeness (QED) is 0.602. The van der Waals surface area contributed by atoms with E-state index in [4.69, 9.17) is 16.3 Å². The van der Waals surface area contributed by atoms with Gasteiger partial charge in [-0.05, 0) is 61.7 Å². The Morgan fingerprint density at radius 2 is 2.00 bits per heavy atom. The third-order valence-electron chi connectivity index (χ3n) is 4.36. The Morgan fingerprint density at radius 1 is 1.30 bits per heavy atom. The van der Waals surface area contributed by atoms with Gasteiger partial charge in [0.25, 0.3) is 5.91 Å². The topological polar surface area (TPSA) is 53.9 Å². The lowest BCUT2D eigenvalue weighted by atomic mass is 10.1. The molecule has 1 amide bonds. The molecule has 0 aromatic heterocycles. The number of carbonyl (C=O) groups is 1. The first-order valence-electron chi connectivity index (χ1n) is 8.78. The van der Waals surface area contributed by atoms with E-state index in [9.17, 15) is 9.18 Å². The van der Waals surface area contributed by atoms with Crippen molar-refractivity contribution in [3.63, 3.8) is 0 Å². The van der Waals surface area contributed by atoms with E-state index < -0.39 is 5.91 Å². The highest BCUT2D eigenvalue weighted by atomic mass is 35.5. The Kier molecular flexibility index (Phi) is 6.29. The number of amides is 1. The minimum atomic E-state index is -0.409. The number of aryl methyl sites for hydroxylation is 1. The van der Waals surface area contributed by atoms with E-state index in [1.807, 2.05) is 13.0 Å². The number of halogens is 2.